The lowest BCUT2D eigenvalue weighted by Crippen LogP contribution is -2.27. The number of rotatable bonds is 3. The largest absolute Gasteiger partial charge is 0.302 e. The van der Waals surface area contributed by atoms with Crippen LogP contribution in [-0.2, 0) is 0 Å². The molecule has 0 spiro atoms. The Kier molecular flexibility index (Phi) is 4.26. The van der Waals surface area contributed by atoms with Gasteiger partial charge in [-0.3, -0.25) is 0 Å². The van der Waals surface area contributed by atoms with Crippen LogP contribution in [0.2, 0.25) is 0 Å². The van der Waals surface area contributed by atoms with Gasteiger partial charge < -0.3 is 4.90 Å². The first-order valence-corrected chi connectivity index (χ1v) is 6.53. The second-order valence-corrected chi connectivity index (χ2v) is 5.41. The Balaban J connectivity index is 2.32. The maximum Gasteiger partial charge on any atom is 0.0538 e. The summed E-state index contributed by atoms with van der Waals surface area (Å²) in [4.78, 5) is 3.43. The number of benzene rings is 1. The molecule has 1 fully saturated rings. The number of halogens is 1. The molecule has 0 unspecified atom stereocenters. The Morgan fingerprint density at radius 1 is 1.12 bits per heavy atom. The van der Waals surface area contributed by atoms with Crippen LogP contribution in [-0.4, -0.2) is 19.0 Å². The fraction of sp³-hybridized carbons (Fsp3) is 0.267. The van der Waals surface area contributed by atoms with E-state index in [1.54, 1.807) is 0 Å². The molecule has 0 amide bonds. The van der Waals surface area contributed by atoms with Gasteiger partial charge in [-0.25, -0.2) is 0 Å². The zero-order valence-corrected chi connectivity index (χ0v) is 12.0. The predicted octanol–water partition coefficient (Wildman–Crippen LogP) is 3.73. The van der Waals surface area contributed by atoms with Crippen molar-refractivity contribution in [1.29, 1.82) is 0 Å². The highest BCUT2D eigenvalue weighted by Gasteiger charge is 2.36. The second kappa shape index (κ2) is 5.53. The Labute approximate surface area is 113 Å². The molecule has 1 atom stereocenters. The summed E-state index contributed by atoms with van der Waals surface area (Å²) in [7, 11) is 4.24. The van der Waals surface area contributed by atoms with Crippen LogP contribution in [0.3, 0.4) is 0 Å². The third-order valence-corrected chi connectivity index (χ3v) is 3.81. The van der Waals surface area contributed by atoms with Crippen LogP contribution in [0.4, 0.5) is 0 Å². The van der Waals surface area contributed by atoms with Gasteiger partial charge in [0.15, 0.2) is 0 Å². The van der Waals surface area contributed by atoms with E-state index >= 15 is 0 Å². The van der Waals surface area contributed by atoms with E-state index in [9.17, 15) is 0 Å². The van der Waals surface area contributed by atoms with Gasteiger partial charge in [-0.1, -0.05) is 40.2 Å². The first-order valence-electron chi connectivity index (χ1n) is 5.74. The lowest BCUT2D eigenvalue weighted by atomic mass is 9.88. The highest BCUT2D eigenvalue weighted by atomic mass is 79.9. The monoisotopic (exact) mass is 290 g/mol. The molecule has 89 valence electrons. The minimum absolute atomic E-state index is 0.306. The molecular weight excluding hydrogens is 274 g/mol. The molecule has 0 saturated heterocycles. The van der Waals surface area contributed by atoms with Crippen LogP contribution >= 0.6 is 15.9 Å². The highest BCUT2D eigenvalue weighted by molar-refractivity contribution is 9.11. The molecule has 0 heterocycles. The molecule has 2 rings (SSSR count). The molecule has 1 aromatic carbocycles. The zero-order valence-electron chi connectivity index (χ0n) is 10.4. The molecule has 1 aliphatic carbocycles. The van der Waals surface area contributed by atoms with Crippen LogP contribution in [0.25, 0.3) is 0 Å². The van der Waals surface area contributed by atoms with E-state index in [1.807, 2.05) is 0 Å². The molecule has 0 bridgehead atoms. The van der Waals surface area contributed by atoms with E-state index in [0.717, 1.165) is 0 Å². The lowest BCUT2D eigenvalue weighted by Gasteiger charge is -2.32. The van der Waals surface area contributed by atoms with E-state index in [0.29, 0.717) is 6.04 Å². The smallest absolute Gasteiger partial charge is 0.0538 e. The van der Waals surface area contributed by atoms with Gasteiger partial charge in [-0.15, -0.1) is 0 Å². The van der Waals surface area contributed by atoms with E-state index in [2.05, 4.69) is 85.4 Å². The molecule has 0 aliphatic heterocycles. The molecule has 1 aromatic rings. The van der Waals surface area contributed by atoms with Gasteiger partial charge in [0.05, 0.1) is 4.83 Å². The predicted molar refractivity (Wildman–Crippen MR) is 75.9 cm³/mol. The van der Waals surface area contributed by atoms with Gasteiger partial charge in [0.2, 0.25) is 0 Å². The van der Waals surface area contributed by atoms with Crippen molar-refractivity contribution < 1.29 is 0 Å². The van der Waals surface area contributed by atoms with Crippen LogP contribution < -0.4 is 0 Å². The molecular formula is C15H17BrN. The summed E-state index contributed by atoms with van der Waals surface area (Å²) in [5.74, 6) is 1.32. The van der Waals surface area contributed by atoms with Crippen LogP contribution in [0.15, 0.2) is 24.3 Å². The SMILES string of the molecule is Cc1ccccc1[C@H]([C]1[CH][CH][CH][C]1Br)N(C)C. The van der Waals surface area contributed by atoms with Crippen molar-refractivity contribution in [1.82, 2.24) is 4.90 Å². The number of hydrogen-bond donors (Lipinski definition) is 0. The summed E-state index contributed by atoms with van der Waals surface area (Å²) in [5, 5.41) is 0. The quantitative estimate of drug-likeness (QED) is 0.820. The van der Waals surface area contributed by atoms with Gasteiger partial charge in [-0.05, 0) is 51.4 Å². The molecule has 5 radical (unpaired) electrons. The summed E-state index contributed by atoms with van der Waals surface area (Å²) in [6.45, 7) is 2.17. The molecule has 1 saturated carbocycles. The lowest BCUT2D eigenvalue weighted by molar-refractivity contribution is 0.319. The van der Waals surface area contributed by atoms with Gasteiger partial charge in [0.1, 0.15) is 0 Å². The Hall–Kier alpha value is -0.340. The van der Waals surface area contributed by atoms with Crippen molar-refractivity contribution >= 4 is 15.9 Å². The second-order valence-electron chi connectivity index (χ2n) is 4.55. The van der Waals surface area contributed by atoms with Gasteiger partial charge in [0, 0.05) is 12.0 Å². The van der Waals surface area contributed by atoms with Crippen molar-refractivity contribution in [3.63, 3.8) is 0 Å². The summed E-state index contributed by atoms with van der Waals surface area (Å²) in [5.41, 5.74) is 2.70. The first kappa shape index (κ1) is 13.1. The molecule has 2 heteroatoms. The van der Waals surface area contributed by atoms with Crippen LogP contribution in [0.5, 0.6) is 0 Å². The third-order valence-electron chi connectivity index (χ3n) is 3.09. The summed E-state index contributed by atoms with van der Waals surface area (Å²) >= 11 is 3.63. The normalized spacial score (nSPS) is 20.1. The molecule has 17 heavy (non-hydrogen) atoms. The van der Waals surface area contributed by atoms with Crippen molar-refractivity contribution in [2.45, 2.75) is 13.0 Å². The van der Waals surface area contributed by atoms with Crippen molar-refractivity contribution in [2.24, 2.45) is 0 Å². The average molecular weight is 291 g/mol. The van der Waals surface area contributed by atoms with Crippen molar-refractivity contribution in [3.05, 3.63) is 65.4 Å². The maximum absolute atomic E-state index is 3.63. The van der Waals surface area contributed by atoms with Gasteiger partial charge in [0.25, 0.3) is 0 Å². The fourth-order valence-electron chi connectivity index (χ4n) is 2.25. The fourth-order valence-corrected chi connectivity index (χ4v) is 2.75. The van der Waals surface area contributed by atoms with E-state index < -0.39 is 0 Å². The van der Waals surface area contributed by atoms with E-state index in [4.69, 9.17) is 0 Å². The average Bonchev–Trinajstić information content (AvgIpc) is 2.68. The Morgan fingerprint density at radius 2 is 1.82 bits per heavy atom. The van der Waals surface area contributed by atoms with Crippen molar-refractivity contribution in [2.75, 3.05) is 14.1 Å². The summed E-state index contributed by atoms with van der Waals surface area (Å²) in [6, 6.07) is 8.88. The van der Waals surface area contributed by atoms with Gasteiger partial charge >= 0.3 is 0 Å². The minimum atomic E-state index is 0.306. The summed E-state index contributed by atoms with van der Waals surface area (Å²) in [6.07, 6.45) is 6.37. The summed E-state index contributed by atoms with van der Waals surface area (Å²) < 4.78 is 0. The minimum Gasteiger partial charge on any atom is -0.302 e. The highest BCUT2D eigenvalue weighted by Crippen LogP contribution is 2.47. The zero-order chi connectivity index (χ0) is 12.4. The molecule has 1 nitrogen and oxygen atoms in total. The molecule has 1 aliphatic rings. The third kappa shape index (κ3) is 2.74. The van der Waals surface area contributed by atoms with Crippen LogP contribution in [0, 0.1) is 36.9 Å². The maximum atomic E-state index is 3.63. The standard InChI is InChI=1S/C15H17BrN/c1-11-7-4-5-8-12(11)15(17(2)3)13-9-6-10-14(13)16/h4-10,15H,1-3H3/t15-/m1/s1. The molecule has 0 N–H and O–H groups in total. The Bertz CT molecular complexity index is 375. The Morgan fingerprint density at radius 3 is 2.35 bits per heavy atom. The topological polar surface area (TPSA) is 3.24 Å². The van der Waals surface area contributed by atoms with Crippen molar-refractivity contribution in [3.8, 4) is 0 Å². The van der Waals surface area contributed by atoms with E-state index in [1.165, 1.54) is 21.9 Å². The first-order chi connectivity index (χ1) is 8.11. The number of aryl methyl sites for hydroxylation is 1. The van der Waals surface area contributed by atoms with Crippen LogP contribution in [0.1, 0.15) is 17.2 Å². The van der Waals surface area contributed by atoms with E-state index in [-0.39, 0.29) is 0 Å². The van der Waals surface area contributed by atoms with Gasteiger partial charge in [-0.2, -0.15) is 0 Å². The number of nitrogens with zero attached hydrogens (tertiary/aromatic N) is 1. The number of hydrogen-bond acceptors (Lipinski definition) is 1. The molecule has 0 aromatic heterocycles.